The van der Waals surface area contributed by atoms with Gasteiger partial charge < -0.3 is 10.1 Å². The van der Waals surface area contributed by atoms with Crippen molar-refractivity contribution in [1.29, 1.82) is 0 Å². The highest BCUT2D eigenvalue weighted by Crippen LogP contribution is 2.16. The van der Waals surface area contributed by atoms with Crippen LogP contribution in [0, 0.1) is 12.8 Å². The molecule has 0 aliphatic rings. The Labute approximate surface area is 171 Å². The van der Waals surface area contributed by atoms with Crippen molar-refractivity contribution >= 4 is 27.6 Å². The van der Waals surface area contributed by atoms with Gasteiger partial charge in [-0.1, -0.05) is 31.5 Å². The Hall–Kier alpha value is -2.71. The third-order valence-corrected chi connectivity index (χ3v) is 5.71. The van der Waals surface area contributed by atoms with Crippen LogP contribution in [-0.2, 0) is 19.6 Å². The number of benzene rings is 2. The van der Waals surface area contributed by atoms with Gasteiger partial charge in [-0.3, -0.25) is 4.79 Å². The maximum Gasteiger partial charge on any atom is 0.337 e. The van der Waals surface area contributed by atoms with Crippen LogP contribution in [0.25, 0.3) is 0 Å². The van der Waals surface area contributed by atoms with Gasteiger partial charge in [0, 0.05) is 5.69 Å². The van der Waals surface area contributed by atoms with E-state index in [0.717, 1.165) is 5.56 Å². The molecule has 0 bridgehead atoms. The molecule has 0 saturated carbocycles. The summed E-state index contributed by atoms with van der Waals surface area (Å²) in [7, 11) is -2.57. The topological polar surface area (TPSA) is 102 Å². The molecule has 2 rings (SSSR count). The lowest BCUT2D eigenvalue weighted by Crippen LogP contribution is -2.44. The van der Waals surface area contributed by atoms with E-state index in [-0.39, 0.29) is 10.8 Å². The molecule has 8 heteroatoms. The van der Waals surface area contributed by atoms with Gasteiger partial charge in [-0.15, -0.1) is 0 Å². The average molecular weight is 419 g/mol. The Morgan fingerprint density at radius 2 is 1.59 bits per heavy atom. The first-order chi connectivity index (χ1) is 13.6. The molecule has 0 saturated heterocycles. The second-order valence-corrected chi connectivity index (χ2v) is 8.89. The first-order valence-corrected chi connectivity index (χ1v) is 10.7. The highest BCUT2D eigenvalue weighted by Gasteiger charge is 2.26. The maximum absolute atomic E-state index is 12.8. The summed E-state index contributed by atoms with van der Waals surface area (Å²) in [5.41, 5.74) is 1.74. The first-order valence-electron chi connectivity index (χ1n) is 9.20. The molecule has 1 unspecified atom stereocenters. The molecule has 2 N–H and O–H groups in total. The zero-order valence-electron chi connectivity index (χ0n) is 16.9. The van der Waals surface area contributed by atoms with E-state index in [1.165, 1.54) is 31.4 Å². The number of amides is 1. The Morgan fingerprint density at radius 3 is 2.10 bits per heavy atom. The molecule has 1 amide bonds. The number of ether oxygens (including phenoxy) is 1. The first kappa shape index (κ1) is 22.6. The fraction of sp³-hybridized carbons (Fsp3) is 0.333. The van der Waals surface area contributed by atoms with E-state index in [0.29, 0.717) is 17.7 Å². The monoisotopic (exact) mass is 418 g/mol. The second-order valence-electron chi connectivity index (χ2n) is 7.17. The number of methoxy groups -OCH3 is 1. The summed E-state index contributed by atoms with van der Waals surface area (Å²) in [5.74, 6) is -0.861. The summed E-state index contributed by atoms with van der Waals surface area (Å²) in [6, 6.07) is 11.6. The van der Waals surface area contributed by atoms with Gasteiger partial charge in [0.2, 0.25) is 15.9 Å². The van der Waals surface area contributed by atoms with Gasteiger partial charge in [0.05, 0.1) is 17.6 Å². The molecule has 29 heavy (non-hydrogen) atoms. The van der Waals surface area contributed by atoms with E-state index in [4.69, 9.17) is 0 Å². The zero-order valence-corrected chi connectivity index (χ0v) is 17.7. The van der Waals surface area contributed by atoms with E-state index in [1.54, 1.807) is 24.3 Å². The summed E-state index contributed by atoms with van der Waals surface area (Å²) in [6.07, 6.45) is 0.331. The molecule has 2 aromatic carbocycles. The lowest BCUT2D eigenvalue weighted by atomic mass is 10.0. The van der Waals surface area contributed by atoms with Gasteiger partial charge in [0.1, 0.15) is 6.04 Å². The normalized spacial score (nSPS) is 12.4. The minimum Gasteiger partial charge on any atom is -0.465 e. The van der Waals surface area contributed by atoms with Crippen molar-refractivity contribution in [3.63, 3.8) is 0 Å². The molecular formula is C21H26N2O5S. The number of hydrogen-bond donors (Lipinski definition) is 2. The number of nitrogens with one attached hydrogen (secondary N) is 2. The number of esters is 1. The van der Waals surface area contributed by atoms with E-state index in [1.807, 2.05) is 20.8 Å². The standard InChI is InChI=1S/C21H26N2O5S/c1-14(2)13-19(23-29(26,27)18-11-5-15(3)6-12-18)20(24)22-17-9-7-16(8-10-17)21(25)28-4/h5-12,14,19,23H,13H2,1-4H3,(H,22,24). The number of carbonyl (C=O) groups excluding carboxylic acids is 2. The van der Waals surface area contributed by atoms with Crippen LogP contribution in [0.4, 0.5) is 5.69 Å². The van der Waals surface area contributed by atoms with Gasteiger partial charge in [-0.25, -0.2) is 13.2 Å². The molecule has 0 spiro atoms. The molecule has 7 nitrogen and oxygen atoms in total. The second kappa shape index (κ2) is 9.67. The number of rotatable bonds is 8. The van der Waals surface area contributed by atoms with Gasteiger partial charge in [-0.2, -0.15) is 4.72 Å². The molecule has 156 valence electrons. The number of aryl methyl sites for hydroxylation is 1. The lowest BCUT2D eigenvalue weighted by Gasteiger charge is -2.20. The van der Waals surface area contributed by atoms with Crippen LogP contribution in [0.3, 0.4) is 0 Å². The number of carbonyl (C=O) groups is 2. The minimum atomic E-state index is -3.85. The zero-order chi connectivity index (χ0) is 21.6. The quantitative estimate of drug-likeness (QED) is 0.642. The Morgan fingerprint density at radius 1 is 1.00 bits per heavy atom. The molecule has 0 heterocycles. The predicted octanol–water partition coefficient (Wildman–Crippen LogP) is 3.11. The van der Waals surface area contributed by atoms with Crippen molar-refractivity contribution in [2.45, 2.75) is 38.1 Å². The third-order valence-electron chi connectivity index (χ3n) is 4.23. The molecular weight excluding hydrogens is 392 g/mol. The van der Waals surface area contributed by atoms with Gasteiger partial charge in [0.25, 0.3) is 0 Å². The van der Waals surface area contributed by atoms with Crippen molar-refractivity contribution in [1.82, 2.24) is 4.72 Å². The number of hydrogen-bond acceptors (Lipinski definition) is 5. The van der Waals surface area contributed by atoms with Crippen molar-refractivity contribution in [3.8, 4) is 0 Å². The smallest absolute Gasteiger partial charge is 0.337 e. The Kier molecular flexibility index (Phi) is 7.53. The van der Waals surface area contributed by atoms with Crippen molar-refractivity contribution in [3.05, 3.63) is 59.7 Å². The van der Waals surface area contributed by atoms with E-state index in [2.05, 4.69) is 14.8 Å². The highest BCUT2D eigenvalue weighted by atomic mass is 32.2. The van der Waals surface area contributed by atoms with Crippen molar-refractivity contribution in [2.24, 2.45) is 5.92 Å². The summed E-state index contributed by atoms with van der Waals surface area (Å²) in [6.45, 7) is 5.68. The lowest BCUT2D eigenvalue weighted by molar-refractivity contribution is -0.118. The van der Waals surface area contributed by atoms with Gasteiger partial charge >= 0.3 is 5.97 Å². The van der Waals surface area contributed by atoms with Crippen LogP contribution in [0.2, 0.25) is 0 Å². The minimum absolute atomic E-state index is 0.0909. The fourth-order valence-electron chi connectivity index (χ4n) is 2.69. The summed E-state index contributed by atoms with van der Waals surface area (Å²) in [5, 5.41) is 2.70. The molecule has 0 aromatic heterocycles. The highest BCUT2D eigenvalue weighted by molar-refractivity contribution is 7.89. The summed E-state index contributed by atoms with van der Waals surface area (Å²) < 4.78 is 32.6. The fourth-order valence-corrected chi connectivity index (χ4v) is 3.90. The largest absolute Gasteiger partial charge is 0.465 e. The molecule has 0 aliphatic heterocycles. The van der Waals surface area contributed by atoms with Crippen LogP contribution < -0.4 is 10.0 Å². The molecule has 2 aromatic rings. The van der Waals surface area contributed by atoms with Crippen LogP contribution in [-0.4, -0.2) is 33.4 Å². The Bertz CT molecular complexity index is 952. The summed E-state index contributed by atoms with van der Waals surface area (Å²) >= 11 is 0. The summed E-state index contributed by atoms with van der Waals surface area (Å²) in [4.78, 5) is 24.4. The molecule has 0 radical (unpaired) electrons. The van der Waals surface area contributed by atoms with Gasteiger partial charge in [-0.05, 0) is 55.7 Å². The van der Waals surface area contributed by atoms with Crippen molar-refractivity contribution in [2.75, 3.05) is 12.4 Å². The molecule has 0 fully saturated rings. The molecule has 1 atom stereocenters. The van der Waals surface area contributed by atoms with Crippen molar-refractivity contribution < 1.29 is 22.7 Å². The SMILES string of the molecule is COC(=O)c1ccc(NC(=O)C(CC(C)C)NS(=O)(=O)c2ccc(C)cc2)cc1. The molecule has 0 aliphatic carbocycles. The number of sulfonamides is 1. The van der Waals surface area contributed by atoms with Crippen LogP contribution in [0.1, 0.15) is 36.2 Å². The van der Waals surface area contributed by atoms with E-state index in [9.17, 15) is 18.0 Å². The predicted molar refractivity (Wildman–Crippen MR) is 111 cm³/mol. The number of anilines is 1. The average Bonchev–Trinajstić information content (AvgIpc) is 2.67. The third kappa shape index (κ3) is 6.40. The van der Waals surface area contributed by atoms with Crippen LogP contribution in [0.15, 0.2) is 53.4 Å². The maximum atomic E-state index is 12.8. The van der Waals surface area contributed by atoms with Gasteiger partial charge in [0.15, 0.2) is 0 Å². The Balaban J connectivity index is 2.17. The van der Waals surface area contributed by atoms with E-state index >= 15 is 0 Å². The van der Waals surface area contributed by atoms with Crippen LogP contribution in [0.5, 0.6) is 0 Å². The van der Waals surface area contributed by atoms with E-state index < -0.39 is 27.9 Å². The van der Waals surface area contributed by atoms with Crippen LogP contribution >= 0.6 is 0 Å².